The molecule has 6 nitrogen and oxygen atoms in total. The Morgan fingerprint density at radius 3 is 2.65 bits per heavy atom. The summed E-state index contributed by atoms with van der Waals surface area (Å²) in [6.45, 7) is 9.60. The Kier molecular flexibility index (Phi) is 6.30. The highest BCUT2D eigenvalue weighted by atomic mass is 32.1. The van der Waals surface area contributed by atoms with E-state index in [0.717, 1.165) is 0 Å². The molecule has 7 heteroatoms. The minimum atomic E-state index is -0.573. The monoisotopic (exact) mass is 372 g/mol. The second kappa shape index (κ2) is 8.44. The zero-order valence-electron chi connectivity index (χ0n) is 14.4. The Bertz CT molecular complexity index is 814. The van der Waals surface area contributed by atoms with Crippen molar-refractivity contribution in [2.45, 2.75) is 13.3 Å². The van der Waals surface area contributed by atoms with Gasteiger partial charge in [-0.25, -0.2) is 0 Å². The van der Waals surface area contributed by atoms with Crippen LogP contribution >= 0.6 is 12.2 Å². The van der Waals surface area contributed by atoms with Gasteiger partial charge in [0.1, 0.15) is 5.57 Å². The summed E-state index contributed by atoms with van der Waals surface area (Å²) >= 11 is 5.03. The van der Waals surface area contributed by atoms with Crippen LogP contribution in [0.1, 0.15) is 18.1 Å². The molecule has 2 rings (SSSR count). The van der Waals surface area contributed by atoms with Crippen molar-refractivity contribution in [1.82, 2.24) is 10.2 Å². The molecule has 1 aromatic carbocycles. The Labute approximate surface area is 157 Å². The average molecular weight is 372 g/mol. The zero-order chi connectivity index (χ0) is 19.3. The molecule has 0 saturated carbocycles. The van der Waals surface area contributed by atoms with Crippen LogP contribution in [0, 0.1) is 0 Å². The number of hydrogen-bond acceptors (Lipinski definition) is 5. The molecule has 1 fully saturated rings. The number of aromatic hydroxyl groups is 1. The van der Waals surface area contributed by atoms with Gasteiger partial charge in [0.15, 0.2) is 16.6 Å². The van der Waals surface area contributed by atoms with E-state index in [2.05, 4.69) is 18.5 Å². The SMILES string of the molecule is C=CCc1cc(/C=C2\C(=O)NC(=S)N(CC=C)C2=O)cc(OCC)c1O. The van der Waals surface area contributed by atoms with Crippen molar-refractivity contribution >= 4 is 35.2 Å². The van der Waals surface area contributed by atoms with Gasteiger partial charge in [0.25, 0.3) is 11.8 Å². The first-order valence-electron chi connectivity index (χ1n) is 8.02. The minimum absolute atomic E-state index is 0.0165. The topological polar surface area (TPSA) is 78.9 Å². The van der Waals surface area contributed by atoms with Crippen molar-refractivity contribution in [3.63, 3.8) is 0 Å². The standard InChI is InChI=1S/C19H20N2O4S/c1-4-7-13-9-12(11-15(16(13)22)25-6-3)10-14-17(23)20-19(26)21(8-5-2)18(14)24/h4-5,9-11,22H,1-2,6-8H2,3H3,(H,20,23,26)/b14-10+. The fourth-order valence-electron chi connectivity index (χ4n) is 2.50. The molecule has 1 heterocycles. The molecule has 2 N–H and O–H groups in total. The van der Waals surface area contributed by atoms with Crippen LogP contribution in [0.4, 0.5) is 0 Å². The van der Waals surface area contributed by atoms with Crippen molar-refractivity contribution < 1.29 is 19.4 Å². The van der Waals surface area contributed by atoms with Gasteiger partial charge in [-0.3, -0.25) is 19.8 Å². The fraction of sp³-hybridized carbons (Fsp3) is 0.211. The lowest BCUT2D eigenvalue weighted by Gasteiger charge is -2.27. The Hall–Kier alpha value is -2.93. The number of phenolic OH excluding ortho intramolecular Hbond substituents is 1. The molecule has 1 saturated heterocycles. The summed E-state index contributed by atoms with van der Waals surface area (Å²) in [5, 5.41) is 12.8. The number of hydrogen-bond donors (Lipinski definition) is 2. The first kappa shape index (κ1) is 19.4. The van der Waals surface area contributed by atoms with Gasteiger partial charge < -0.3 is 9.84 Å². The second-order valence-electron chi connectivity index (χ2n) is 5.47. The van der Waals surface area contributed by atoms with Crippen LogP contribution in [0.3, 0.4) is 0 Å². The maximum atomic E-state index is 12.6. The fourth-order valence-corrected chi connectivity index (χ4v) is 2.75. The number of ether oxygens (including phenoxy) is 1. The summed E-state index contributed by atoms with van der Waals surface area (Å²) in [5.41, 5.74) is 1.08. The van der Waals surface area contributed by atoms with Gasteiger partial charge in [-0.15, -0.1) is 13.2 Å². The maximum Gasteiger partial charge on any atom is 0.265 e. The molecule has 2 amide bonds. The highest BCUT2D eigenvalue weighted by molar-refractivity contribution is 7.80. The van der Waals surface area contributed by atoms with E-state index in [4.69, 9.17) is 17.0 Å². The van der Waals surface area contributed by atoms with Gasteiger partial charge in [0.05, 0.1) is 6.61 Å². The van der Waals surface area contributed by atoms with Crippen LogP contribution in [0.2, 0.25) is 0 Å². The predicted octanol–water partition coefficient (Wildman–Crippen LogP) is 2.33. The maximum absolute atomic E-state index is 12.6. The number of nitrogens with zero attached hydrogens (tertiary/aromatic N) is 1. The van der Waals surface area contributed by atoms with Crippen molar-refractivity contribution in [3.8, 4) is 11.5 Å². The molecule has 136 valence electrons. The van der Waals surface area contributed by atoms with E-state index < -0.39 is 11.8 Å². The van der Waals surface area contributed by atoms with Crippen molar-refractivity contribution in [2.75, 3.05) is 13.2 Å². The van der Waals surface area contributed by atoms with Gasteiger partial charge in [-0.05, 0) is 49.3 Å². The molecule has 0 radical (unpaired) electrons. The predicted molar refractivity (Wildman–Crippen MR) is 104 cm³/mol. The molecule has 1 aromatic rings. The van der Waals surface area contributed by atoms with Crippen LogP contribution < -0.4 is 10.1 Å². The number of thiocarbonyl (C=S) groups is 1. The molecule has 0 atom stereocenters. The molecule has 0 bridgehead atoms. The molecule has 0 unspecified atom stereocenters. The third-order valence-electron chi connectivity index (χ3n) is 3.65. The number of rotatable bonds is 7. The molecule has 0 spiro atoms. The number of phenols is 1. The van der Waals surface area contributed by atoms with Crippen LogP contribution in [0.25, 0.3) is 6.08 Å². The lowest BCUT2D eigenvalue weighted by molar-refractivity contribution is -0.128. The lowest BCUT2D eigenvalue weighted by atomic mass is 10.0. The van der Waals surface area contributed by atoms with E-state index in [1.54, 1.807) is 25.1 Å². The summed E-state index contributed by atoms with van der Waals surface area (Å²) in [6.07, 6.45) is 5.03. The first-order valence-corrected chi connectivity index (χ1v) is 8.43. The summed E-state index contributed by atoms with van der Waals surface area (Å²) in [6, 6.07) is 3.25. The molecular formula is C19H20N2O4S. The molecular weight excluding hydrogens is 352 g/mol. The molecule has 0 aliphatic carbocycles. The highest BCUT2D eigenvalue weighted by Crippen LogP contribution is 2.33. The molecule has 1 aliphatic rings. The molecule has 1 aliphatic heterocycles. The Balaban J connectivity index is 2.50. The number of carbonyl (C=O) groups is 2. The van der Waals surface area contributed by atoms with Gasteiger partial charge >= 0.3 is 0 Å². The van der Waals surface area contributed by atoms with Gasteiger partial charge in [-0.1, -0.05) is 12.2 Å². The normalized spacial score (nSPS) is 15.8. The van der Waals surface area contributed by atoms with E-state index in [-0.39, 0.29) is 28.7 Å². The summed E-state index contributed by atoms with van der Waals surface area (Å²) < 4.78 is 5.44. The van der Waals surface area contributed by atoms with Crippen molar-refractivity contribution in [2.24, 2.45) is 0 Å². The molecule has 26 heavy (non-hydrogen) atoms. The van der Waals surface area contributed by atoms with E-state index in [1.165, 1.54) is 17.1 Å². The highest BCUT2D eigenvalue weighted by Gasteiger charge is 2.32. The number of nitrogens with one attached hydrogen (secondary N) is 1. The quantitative estimate of drug-likeness (QED) is 0.332. The first-order chi connectivity index (χ1) is 12.4. The summed E-state index contributed by atoms with van der Waals surface area (Å²) in [5.74, 6) is -0.782. The van der Waals surface area contributed by atoms with Crippen LogP contribution in [-0.4, -0.2) is 40.1 Å². The number of benzene rings is 1. The third-order valence-corrected chi connectivity index (χ3v) is 3.97. The van der Waals surface area contributed by atoms with Crippen molar-refractivity contribution in [3.05, 3.63) is 54.1 Å². The smallest absolute Gasteiger partial charge is 0.265 e. The zero-order valence-corrected chi connectivity index (χ0v) is 15.3. The van der Waals surface area contributed by atoms with Gasteiger partial charge in [0.2, 0.25) is 0 Å². The third kappa shape index (κ3) is 4.00. The number of carbonyl (C=O) groups excluding carboxylic acids is 2. The Morgan fingerprint density at radius 2 is 2.04 bits per heavy atom. The van der Waals surface area contributed by atoms with E-state index >= 15 is 0 Å². The largest absolute Gasteiger partial charge is 0.504 e. The average Bonchev–Trinajstić information content (AvgIpc) is 2.59. The van der Waals surface area contributed by atoms with E-state index in [0.29, 0.717) is 24.2 Å². The van der Waals surface area contributed by atoms with Gasteiger partial charge in [0, 0.05) is 12.1 Å². The molecule has 0 aromatic heterocycles. The Morgan fingerprint density at radius 1 is 1.31 bits per heavy atom. The lowest BCUT2D eigenvalue weighted by Crippen LogP contribution is -2.53. The number of allylic oxidation sites excluding steroid dienone is 1. The second-order valence-corrected chi connectivity index (χ2v) is 5.86. The van der Waals surface area contributed by atoms with Crippen LogP contribution in [-0.2, 0) is 16.0 Å². The summed E-state index contributed by atoms with van der Waals surface area (Å²) in [7, 11) is 0. The number of amides is 2. The van der Waals surface area contributed by atoms with Crippen LogP contribution in [0.5, 0.6) is 11.5 Å². The minimum Gasteiger partial charge on any atom is -0.504 e. The van der Waals surface area contributed by atoms with E-state index in [1.807, 2.05) is 0 Å². The van der Waals surface area contributed by atoms with Crippen molar-refractivity contribution in [1.29, 1.82) is 0 Å². The summed E-state index contributed by atoms with van der Waals surface area (Å²) in [4.78, 5) is 26.1. The van der Waals surface area contributed by atoms with E-state index in [9.17, 15) is 14.7 Å². The van der Waals surface area contributed by atoms with Crippen LogP contribution in [0.15, 0.2) is 43.0 Å². The van der Waals surface area contributed by atoms with Gasteiger partial charge in [-0.2, -0.15) is 0 Å².